The molecule has 37 heavy (non-hydrogen) atoms. The van der Waals surface area contributed by atoms with Crippen LogP contribution in [-0.2, 0) is 26.5 Å². The molecule has 3 aliphatic rings. The second-order valence-electron chi connectivity index (χ2n) is 10.6. The van der Waals surface area contributed by atoms with E-state index in [-0.39, 0.29) is 37.1 Å². The summed E-state index contributed by atoms with van der Waals surface area (Å²) in [5.41, 5.74) is 0.122. The van der Waals surface area contributed by atoms with E-state index >= 15 is 4.11 Å². The number of ether oxygens (including phenoxy) is 1. The van der Waals surface area contributed by atoms with Gasteiger partial charge in [0.1, 0.15) is 0 Å². The van der Waals surface area contributed by atoms with Crippen LogP contribution in [0.5, 0.6) is 0 Å². The number of hydrogen-bond acceptors (Lipinski definition) is 6. The van der Waals surface area contributed by atoms with Crippen molar-refractivity contribution in [1.82, 2.24) is 0 Å². The van der Waals surface area contributed by atoms with Crippen LogP contribution >= 0.6 is 0 Å². The van der Waals surface area contributed by atoms with Gasteiger partial charge in [-0.15, -0.1) is 0 Å². The number of halogens is 1. The Morgan fingerprint density at radius 1 is 1.22 bits per heavy atom. The largest absolute Gasteiger partial charge is 0.396 e. The summed E-state index contributed by atoms with van der Waals surface area (Å²) >= 11 is 0. The number of anilines is 2. The van der Waals surface area contributed by atoms with E-state index in [1.807, 2.05) is 24.3 Å². The predicted molar refractivity (Wildman–Crippen MR) is 137 cm³/mol. The van der Waals surface area contributed by atoms with Crippen molar-refractivity contribution >= 4 is 37.3 Å². The highest BCUT2D eigenvalue weighted by atomic mass is 28.4. The number of β-lactam (4-membered cyclic amide) rings is 1. The molecule has 4 atom stereocenters. The van der Waals surface area contributed by atoms with Gasteiger partial charge < -0.3 is 23.8 Å². The third kappa shape index (κ3) is 3.96. The number of carbonyl (C=O) groups is 2. The number of amides is 2. The average molecular weight is 528 g/mol. The summed E-state index contributed by atoms with van der Waals surface area (Å²) in [6.45, 7) is 5.55. The van der Waals surface area contributed by atoms with E-state index in [9.17, 15) is 24.8 Å². The first kappa shape index (κ1) is 25.5. The monoisotopic (exact) mass is 527 g/mol. The van der Waals surface area contributed by atoms with E-state index in [0.29, 0.717) is 24.2 Å². The lowest BCUT2D eigenvalue weighted by Crippen LogP contribution is -2.45. The molecule has 0 unspecified atom stereocenters. The lowest BCUT2D eigenvalue weighted by Gasteiger charge is -2.31. The molecule has 9 nitrogen and oxygen atoms in total. The van der Waals surface area contributed by atoms with E-state index in [4.69, 9.17) is 4.74 Å². The van der Waals surface area contributed by atoms with Crippen molar-refractivity contribution in [3.63, 3.8) is 0 Å². The second kappa shape index (κ2) is 9.00. The van der Waals surface area contributed by atoms with Gasteiger partial charge in [-0.25, -0.2) is 0 Å². The van der Waals surface area contributed by atoms with Crippen molar-refractivity contribution in [2.24, 2.45) is 5.92 Å². The number of nitrogens with zero attached hydrogens (tertiary/aromatic N) is 3. The highest BCUT2D eigenvalue weighted by Crippen LogP contribution is 2.60. The lowest BCUT2D eigenvalue weighted by molar-refractivity contribution is -0.385. The van der Waals surface area contributed by atoms with Gasteiger partial charge >= 0.3 is 0 Å². The number of benzene rings is 2. The van der Waals surface area contributed by atoms with Crippen LogP contribution in [0.4, 0.5) is 21.2 Å². The highest BCUT2D eigenvalue weighted by molar-refractivity contribution is 6.72. The quantitative estimate of drug-likeness (QED) is 0.191. The summed E-state index contributed by atoms with van der Waals surface area (Å²) in [5, 5.41) is 21.3. The topological polar surface area (TPSA) is 113 Å². The Balaban J connectivity index is 1.55. The molecule has 0 saturated carbocycles. The fraction of sp³-hybridized carbons (Fsp3) is 0.462. The van der Waals surface area contributed by atoms with E-state index in [0.717, 1.165) is 11.3 Å². The Hall–Kier alpha value is -3.15. The first-order chi connectivity index (χ1) is 17.5. The van der Waals surface area contributed by atoms with Gasteiger partial charge in [-0.3, -0.25) is 19.7 Å². The minimum absolute atomic E-state index is 0.0682. The predicted octanol–water partition coefficient (Wildman–Crippen LogP) is 4.04. The van der Waals surface area contributed by atoms with E-state index < -0.39 is 36.5 Å². The van der Waals surface area contributed by atoms with Gasteiger partial charge in [-0.2, -0.15) is 0 Å². The number of fused-ring (bicyclic) bond motifs is 2. The van der Waals surface area contributed by atoms with Gasteiger partial charge in [-0.05, 0) is 43.3 Å². The average Bonchev–Trinajstić information content (AvgIpc) is 3.26. The number of hydrogen-bond donors (Lipinski definition) is 1. The molecule has 196 valence electrons. The van der Waals surface area contributed by atoms with Crippen LogP contribution in [0.25, 0.3) is 0 Å². The standard InChI is InChI=1S/C26H30FN3O6Si/c1-16-24(37(2,3)27)22(11-13-31)36-26(16)20-14-19(30(34)35)8-9-21(20)29(25(26)33)15-17-4-6-18(7-5-17)28-12-10-23(28)32/h4-9,14,16,22,24,31H,10-13,15H2,1-3H3/t16-,22+,24-,26+/m1/s1. The van der Waals surface area contributed by atoms with Crippen LogP contribution < -0.4 is 9.80 Å². The fourth-order valence-corrected chi connectivity index (χ4v) is 8.80. The van der Waals surface area contributed by atoms with E-state index in [1.165, 1.54) is 12.1 Å². The molecule has 2 aromatic carbocycles. The summed E-state index contributed by atoms with van der Waals surface area (Å²) < 4.78 is 22.0. The molecule has 3 aliphatic heterocycles. The zero-order valence-corrected chi connectivity index (χ0v) is 22.0. The van der Waals surface area contributed by atoms with Crippen molar-refractivity contribution in [3.8, 4) is 0 Å². The maximum absolute atomic E-state index is 15.6. The van der Waals surface area contributed by atoms with Crippen molar-refractivity contribution in [3.05, 3.63) is 63.7 Å². The molecule has 3 heterocycles. The summed E-state index contributed by atoms with van der Waals surface area (Å²) in [6, 6.07) is 11.6. The Bertz CT molecular complexity index is 1270. The third-order valence-corrected chi connectivity index (χ3v) is 10.5. The van der Waals surface area contributed by atoms with Crippen LogP contribution in [-0.4, -0.2) is 49.5 Å². The molecular formula is C26H30FN3O6Si. The Labute approximate surface area is 215 Å². The first-order valence-electron chi connectivity index (χ1n) is 12.5. The van der Waals surface area contributed by atoms with Crippen LogP contribution in [0, 0.1) is 16.0 Å². The normalized spacial score (nSPS) is 27.1. The van der Waals surface area contributed by atoms with Gasteiger partial charge in [0.15, 0.2) is 5.60 Å². The number of rotatable bonds is 7. The highest BCUT2D eigenvalue weighted by Gasteiger charge is 2.66. The lowest BCUT2D eigenvalue weighted by atomic mass is 9.82. The smallest absolute Gasteiger partial charge is 0.269 e. The number of carbonyl (C=O) groups excluding carboxylic acids is 2. The zero-order chi connectivity index (χ0) is 26.7. The van der Waals surface area contributed by atoms with Crippen LogP contribution in [0.2, 0.25) is 18.6 Å². The number of aliphatic hydroxyl groups is 1. The molecule has 2 saturated heterocycles. The molecule has 11 heteroatoms. The second-order valence-corrected chi connectivity index (χ2v) is 14.4. The Morgan fingerprint density at radius 3 is 2.46 bits per heavy atom. The van der Waals surface area contributed by atoms with Crippen LogP contribution in [0.3, 0.4) is 0 Å². The van der Waals surface area contributed by atoms with E-state index in [1.54, 1.807) is 35.9 Å². The molecule has 0 aliphatic carbocycles. The molecule has 0 bridgehead atoms. The SMILES string of the molecule is C[C@@H]1[C@@H]([Si](C)(C)F)[C@H](CCO)O[C@@]12C(=O)N(Cc1ccc(N3CCC3=O)cc1)c1ccc([N+](=O)[O-])cc12. The van der Waals surface area contributed by atoms with Gasteiger partial charge in [-0.1, -0.05) is 19.1 Å². The summed E-state index contributed by atoms with van der Waals surface area (Å²) in [6.07, 6.45) is 0.0195. The summed E-state index contributed by atoms with van der Waals surface area (Å²) in [5.74, 6) is -0.909. The van der Waals surface area contributed by atoms with Gasteiger partial charge in [0, 0.05) is 54.4 Å². The molecule has 0 aromatic heterocycles. The van der Waals surface area contributed by atoms with Crippen LogP contribution in [0.15, 0.2) is 42.5 Å². The molecule has 1 N–H and O–H groups in total. The van der Waals surface area contributed by atoms with Crippen LogP contribution in [0.1, 0.15) is 30.9 Å². The zero-order valence-electron chi connectivity index (χ0n) is 21.0. The number of non-ortho nitro benzene ring substituents is 1. The summed E-state index contributed by atoms with van der Waals surface area (Å²) in [4.78, 5) is 40.3. The maximum atomic E-state index is 15.6. The van der Waals surface area contributed by atoms with Gasteiger partial charge in [0.25, 0.3) is 11.6 Å². The molecule has 2 aromatic rings. The third-order valence-electron chi connectivity index (χ3n) is 8.01. The Morgan fingerprint density at radius 2 is 1.92 bits per heavy atom. The van der Waals surface area contributed by atoms with Crippen molar-refractivity contribution in [2.45, 2.75) is 56.7 Å². The number of nitro benzene ring substituents is 1. The van der Waals surface area contributed by atoms with Gasteiger partial charge in [0.05, 0.1) is 23.3 Å². The van der Waals surface area contributed by atoms with Crippen molar-refractivity contribution < 1.29 is 28.5 Å². The molecule has 1 spiro atoms. The summed E-state index contributed by atoms with van der Waals surface area (Å²) in [7, 11) is -3.36. The van der Waals surface area contributed by atoms with Crippen molar-refractivity contribution in [1.29, 1.82) is 0 Å². The minimum atomic E-state index is -3.36. The van der Waals surface area contributed by atoms with Gasteiger partial charge in [0.2, 0.25) is 14.3 Å². The molecule has 2 amide bonds. The molecule has 0 radical (unpaired) electrons. The molecular weight excluding hydrogens is 497 g/mol. The van der Waals surface area contributed by atoms with E-state index in [2.05, 4.69) is 0 Å². The molecule has 2 fully saturated rings. The maximum Gasteiger partial charge on any atom is 0.269 e. The molecule has 5 rings (SSSR count). The number of aliphatic hydroxyl groups excluding tert-OH is 1. The number of nitro groups is 1. The minimum Gasteiger partial charge on any atom is -0.396 e. The fourth-order valence-electron chi connectivity index (χ4n) is 6.25. The van der Waals surface area contributed by atoms with Crippen molar-refractivity contribution in [2.75, 3.05) is 23.0 Å². The first-order valence-corrected chi connectivity index (χ1v) is 15.4. The Kier molecular flexibility index (Phi) is 6.20.